The number of ether oxygens (including phenoxy) is 4. The molecule has 2 saturated heterocycles. The van der Waals surface area contributed by atoms with Gasteiger partial charge in [-0.15, -0.1) is 0 Å². The molecular weight excluding hydrogens is 360 g/mol. The van der Waals surface area contributed by atoms with Crippen molar-refractivity contribution in [3.63, 3.8) is 0 Å². The van der Waals surface area contributed by atoms with E-state index in [0.29, 0.717) is 23.3 Å². The maximum Gasteiger partial charge on any atom is 0.338 e. The van der Waals surface area contributed by atoms with Gasteiger partial charge in [-0.3, -0.25) is 0 Å². The number of epoxide rings is 2. The normalized spacial score (nSPS) is 21.1. The van der Waals surface area contributed by atoms with Gasteiger partial charge in [0.1, 0.15) is 11.2 Å². The molecule has 2 unspecified atom stereocenters. The molecule has 2 aliphatic heterocycles. The molecule has 0 aromatic heterocycles. The van der Waals surface area contributed by atoms with E-state index in [9.17, 15) is 9.59 Å². The Balaban J connectivity index is 1.51. The molecule has 3 rings (SSSR count). The van der Waals surface area contributed by atoms with Crippen LogP contribution in [0, 0.1) is 0 Å². The minimum atomic E-state index is -0.560. The van der Waals surface area contributed by atoms with Crippen LogP contribution in [0.2, 0.25) is 0 Å². The smallest absolute Gasteiger partial charge is 0.338 e. The third-order valence-electron chi connectivity index (χ3n) is 5.04. The van der Waals surface area contributed by atoms with Crippen molar-refractivity contribution in [1.82, 2.24) is 0 Å². The summed E-state index contributed by atoms with van der Waals surface area (Å²) in [6.45, 7) is 9.18. The van der Waals surface area contributed by atoms with Gasteiger partial charge in [-0.2, -0.15) is 0 Å². The van der Waals surface area contributed by atoms with Gasteiger partial charge in [0.25, 0.3) is 0 Å². The molecule has 0 aliphatic carbocycles. The molecule has 2 heterocycles. The summed E-state index contributed by atoms with van der Waals surface area (Å²) in [6.07, 6.45) is 3.87. The summed E-state index contributed by atoms with van der Waals surface area (Å²) >= 11 is 0. The molecule has 1 aromatic rings. The predicted molar refractivity (Wildman–Crippen MR) is 103 cm³/mol. The fourth-order valence-corrected chi connectivity index (χ4v) is 2.95. The third-order valence-corrected chi connectivity index (χ3v) is 5.04. The first-order chi connectivity index (χ1) is 13.1. The Kier molecular flexibility index (Phi) is 6.10. The van der Waals surface area contributed by atoms with E-state index in [1.54, 1.807) is 24.3 Å². The van der Waals surface area contributed by atoms with Crippen LogP contribution in [0.1, 0.15) is 74.1 Å². The van der Waals surface area contributed by atoms with Gasteiger partial charge in [0.05, 0.1) is 36.5 Å². The molecule has 6 heteroatoms. The van der Waals surface area contributed by atoms with Crippen molar-refractivity contribution < 1.29 is 28.5 Å². The van der Waals surface area contributed by atoms with Gasteiger partial charge < -0.3 is 18.9 Å². The van der Waals surface area contributed by atoms with E-state index in [2.05, 4.69) is 0 Å². The molecule has 0 radical (unpaired) electrons. The fraction of sp³-hybridized carbons (Fsp3) is 0.636. The second kappa shape index (κ2) is 8.21. The topological polar surface area (TPSA) is 77.7 Å². The molecule has 0 bridgehead atoms. The van der Waals surface area contributed by atoms with Crippen molar-refractivity contribution in [2.45, 2.75) is 76.8 Å². The molecule has 6 nitrogen and oxygen atoms in total. The lowest BCUT2D eigenvalue weighted by atomic mass is 10.0. The molecule has 2 atom stereocenters. The second-order valence-electron chi connectivity index (χ2n) is 8.86. The number of carbonyl (C=O) groups excluding carboxylic acids is 2. The molecule has 0 saturated carbocycles. The lowest BCUT2D eigenvalue weighted by Gasteiger charge is -2.25. The van der Waals surface area contributed by atoms with Crippen LogP contribution in [0.4, 0.5) is 0 Å². The van der Waals surface area contributed by atoms with Crippen LogP contribution in [0.25, 0.3) is 0 Å². The van der Waals surface area contributed by atoms with Crippen LogP contribution in [0.3, 0.4) is 0 Å². The summed E-state index contributed by atoms with van der Waals surface area (Å²) in [7, 11) is 0. The minimum absolute atomic E-state index is 0.310. The second-order valence-corrected chi connectivity index (χ2v) is 8.86. The van der Waals surface area contributed by atoms with Gasteiger partial charge in [-0.25, -0.2) is 9.59 Å². The van der Waals surface area contributed by atoms with Crippen LogP contribution < -0.4 is 0 Å². The highest BCUT2D eigenvalue weighted by Gasteiger charge is 2.31. The molecule has 0 N–H and O–H groups in total. The molecule has 2 aliphatic rings. The highest BCUT2D eigenvalue weighted by Crippen LogP contribution is 2.26. The van der Waals surface area contributed by atoms with E-state index in [1.165, 1.54) is 0 Å². The Morgan fingerprint density at radius 2 is 1.14 bits per heavy atom. The van der Waals surface area contributed by atoms with Crippen molar-refractivity contribution in [3.8, 4) is 0 Å². The zero-order chi connectivity index (χ0) is 20.4. The highest BCUT2D eigenvalue weighted by atomic mass is 16.6. The quantitative estimate of drug-likeness (QED) is 0.445. The van der Waals surface area contributed by atoms with E-state index in [4.69, 9.17) is 18.9 Å². The molecular formula is C22H30O6. The van der Waals surface area contributed by atoms with Crippen molar-refractivity contribution in [2.24, 2.45) is 0 Å². The summed E-state index contributed by atoms with van der Waals surface area (Å²) in [4.78, 5) is 24.8. The van der Waals surface area contributed by atoms with Gasteiger partial charge in [-0.1, -0.05) is 0 Å². The predicted octanol–water partition coefficient (Wildman–Crippen LogP) is 3.92. The standard InChI is InChI=1S/C22H30O6/c1-21(2,11-9-17-13-25-17)27-19(23)15-5-7-16(8-6-15)20(24)28-22(3,4)12-10-18-14-26-18/h5-8,17-18H,9-14H2,1-4H3. The average molecular weight is 390 g/mol. The lowest BCUT2D eigenvalue weighted by molar-refractivity contribution is -0.00758. The number of carbonyl (C=O) groups is 2. The van der Waals surface area contributed by atoms with Gasteiger partial charge in [-0.05, 0) is 77.6 Å². The Morgan fingerprint density at radius 3 is 1.43 bits per heavy atom. The van der Waals surface area contributed by atoms with Crippen LogP contribution in [-0.4, -0.2) is 48.6 Å². The maximum atomic E-state index is 12.4. The fourth-order valence-electron chi connectivity index (χ4n) is 2.95. The molecule has 0 amide bonds. The van der Waals surface area contributed by atoms with Gasteiger partial charge in [0, 0.05) is 0 Å². The SMILES string of the molecule is CC(C)(CCC1CO1)OC(=O)c1ccc(C(=O)OC(C)(C)CCC2CO2)cc1. The monoisotopic (exact) mass is 390 g/mol. The van der Waals surface area contributed by atoms with Gasteiger partial charge in [0.2, 0.25) is 0 Å². The molecule has 0 spiro atoms. The summed E-state index contributed by atoms with van der Waals surface area (Å²) in [5.74, 6) is -0.794. The largest absolute Gasteiger partial charge is 0.456 e. The van der Waals surface area contributed by atoms with E-state index in [0.717, 1.165) is 38.9 Å². The van der Waals surface area contributed by atoms with Crippen molar-refractivity contribution in [1.29, 1.82) is 0 Å². The molecule has 2 fully saturated rings. The maximum absolute atomic E-state index is 12.4. The van der Waals surface area contributed by atoms with E-state index in [1.807, 2.05) is 27.7 Å². The minimum Gasteiger partial charge on any atom is -0.456 e. The van der Waals surface area contributed by atoms with Crippen molar-refractivity contribution >= 4 is 11.9 Å². The Bertz CT molecular complexity index is 637. The van der Waals surface area contributed by atoms with Crippen molar-refractivity contribution in [2.75, 3.05) is 13.2 Å². The summed E-state index contributed by atoms with van der Waals surface area (Å²) < 4.78 is 21.6. The van der Waals surface area contributed by atoms with E-state index < -0.39 is 23.1 Å². The van der Waals surface area contributed by atoms with Crippen LogP contribution in [-0.2, 0) is 18.9 Å². The number of hydrogen-bond donors (Lipinski definition) is 0. The first kappa shape index (κ1) is 20.8. The number of hydrogen-bond acceptors (Lipinski definition) is 6. The third kappa shape index (κ3) is 6.60. The van der Waals surface area contributed by atoms with Gasteiger partial charge >= 0.3 is 11.9 Å². The van der Waals surface area contributed by atoms with Crippen LogP contribution >= 0.6 is 0 Å². The summed E-state index contributed by atoms with van der Waals surface area (Å²) in [5, 5.41) is 0. The summed E-state index contributed by atoms with van der Waals surface area (Å²) in [6, 6.07) is 6.40. The molecule has 1 aromatic carbocycles. The first-order valence-corrected chi connectivity index (χ1v) is 9.93. The van der Waals surface area contributed by atoms with Gasteiger partial charge in [0.15, 0.2) is 0 Å². The Hall–Kier alpha value is -1.92. The highest BCUT2D eigenvalue weighted by molar-refractivity contribution is 5.93. The van der Waals surface area contributed by atoms with E-state index >= 15 is 0 Å². The Morgan fingerprint density at radius 1 is 0.821 bits per heavy atom. The molecule has 154 valence electrons. The molecule has 28 heavy (non-hydrogen) atoms. The number of esters is 2. The first-order valence-electron chi connectivity index (χ1n) is 9.93. The average Bonchev–Trinajstić information content (AvgIpc) is 3.53. The Labute approximate surface area is 166 Å². The number of rotatable bonds is 10. The van der Waals surface area contributed by atoms with Crippen LogP contribution in [0.15, 0.2) is 24.3 Å². The summed E-state index contributed by atoms with van der Waals surface area (Å²) in [5.41, 5.74) is -0.291. The van der Waals surface area contributed by atoms with Crippen molar-refractivity contribution in [3.05, 3.63) is 35.4 Å². The number of benzene rings is 1. The van der Waals surface area contributed by atoms with Crippen LogP contribution in [0.5, 0.6) is 0 Å². The lowest BCUT2D eigenvalue weighted by Crippen LogP contribution is -2.29. The zero-order valence-corrected chi connectivity index (χ0v) is 17.2. The van der Waals surface area contributed by atoms with E-state index in [-0.39, 0.29) is 0 Å². The zero-order valence-electron chi connectivity index (χ0n) is 17.2.